The highest BCUT2D eigenvalue weighted by Crippen LogP contribution is 2.20. The number of carbonyl (C=O) groups excluding carboxylic acids is 1. The Balaban J connectivity index is 2.65. The maximum absolute atomic E-state index is 13.1. The fourth-order valence-electron chi connectivity index (χ4n) is 2.88. The van der Waals surface area contributed by atoms with Crippen molar-refractivity contribution in [2.24, 2.45) is 0 Å². The first-order valence-electron chi connectivity index (χ1n) is 10.1. The number of amides is 1. The minimum absolute atomic E-state index is 0.0791. The normalized spacial score (nSPS) is 12.6. The van der Waals surface area contributed by atoms with Crippen molar-refractivity contribution in [3.8, 4) is 11.8 Å². The van der Waals surface area contributed by atoms with Crippen LogP contribution >= 0.6 is 11.3 Å². The average molecular weight is 466 g/mol. The van der Waals surface area contributed by atoms with Crippen molar-refractivity contribution in [3.05, 3.63) is 49.4 Å². The molecule has 0 aliphatic heterocycles. The first-order chi connectivity index (χ1) is 15.4. The SMILES string of the molecule is CCCCNC(=O)/C(C#N)=c1/s/c(=C\c2ccccc2OC(F)F)c(=O)n1CCCOC. The molecule has 0 unspecified atom stereocenters. The summed E-state index contributed by atoms with van der Waals surface area (Å²) >= 11 is 0.957. The summed E-state index contributed by atoms with van der Waals surface area (Å²) < 4.78 is 36.8. The predicted octanol–water partition coefficient (Wildman–Crippen LogP) is 1.97. The third-order valence-corrected chi connectivity index (χ3v) is 5.56. The topological polar surface area (TPSA) is 93.4 Å². The second kappa shape index (κ2) is 12.7. The van der Waals surface area contributed by atoms with Crippen LogP contribution in [-0.2, 0) is 16.1 Å². The number of nitriles is 1. The first-order valence-corrected chi connectivity index (χ1v) is 10.9. The summed E-state index contributed by atoms with van der Waals surface area (Å²) in [5, 5.41) is 12.3. The van der Waals surface area contributed by atoms with Crippen LogP contribution in [0.3, 0.4) is 0 Å². The highest BCUT2D eigenvalue weighted by Gasteiger charge is 2.16. The lowest BCUT2D eigenvalue weighted by atomic mass is 10.2. The molecule has 1 amide bonds. The summed E-state index contributed by atoms with van der Waals surface area (Å²) in [5.74, 6) is -0.639. The molecule has 7 nitrogen and oxygen atoms in total. The van der Waals surface area contributed by atoms with Gasteiger partial charge in [0.1, 0.15) is 16.5 Å². The van der Waals surface area contributed by atoms with Crippen molar-refractivity contribution in [1.29, 1.82) is 5.26 Å². The molecule has 0 spiro atoms. The number of halogens is 2. The maximum Gasteiger partial charge on any atom is 0.387 e. The summed E-state index contributed by atoms with van der Waals surface area (Å²) in [5.41, 5.74) is -0.313. The molecule has 0 bridgehead atoms. The summed E-state index contributed by atoms with van der Waals surface area (Å²) in [7, 11) is 1.53. The zero-order valence-electron chi connectivity index (χ0n) is 17.9. The van der Waals surface area contributed by atoms with Gasteiger partial charge in [-0.3, -0.25) is 14.2 Å². The number of methoxy groups -OCH3 is 1. The summed E-state index contributed by atoms with van der Waals surface area (Å²) in [6, 6.07) is 7.99. The zero-order chi connectivity index (χ0) is 23.5. The van der Waals surface area contributed by atoms with Crippen LogP contribution in [0.5, 0.6) is 5.75 Å². The Morgan fingerprint density at radius 1 is 1.34 bits per heavy atom. The number of alkyl halides is 2. The van der Waals surface area contributed by atoms with Crippen LogP contribution in [0.1, 0.15) is 31.7 Å². The Morgan fingerprint density at radius 3 is 2.75 bits per heavy atom. The van der Waals surface area contributed by atoms with E-state index in [0.29, 0.717) is 19.6 Å². The van der Waals surface area contributed by atoms with Crippen molar-refractivity contribution in [2.75, 3.05) is 20.3 Å². The molecule has 0 saturated heterocycles. The lowest BCUT2D eigenvalue weighted by molar-refractivity contribution is -0.115. The summed E-state index contributed by atoms with van der Waals surface area (Å²) in [6.07, 6.45) is 3.55. The Bertz CT molecular complexity index is 1140. The lowest BCUT2D eigenvalue weighted by Gasteiger charge is -2.06. The van der Waals surface area contributed by atoms with Gasteiger partial charge in [-0.05, 0) is 25.0 Å². The number of benzene rings is 1. The average Bonchev–Trinajstić information content (AvgIpc) is 3.05. The molecule has 172 valence electrons. The molecular formula is C22H25F2N3O4S. The van der Waals surface area contributed by atoms with E-state index >= 15 is 0 Å². The molecule has 0 aliphatic carbocycles. The van der Waals surface area contributed by atoms with Gasteiger partial charge >= 0.3 is 6.61 Å². The quantitative estimate of drug-likeness (QED) is 0.512. The minimum Gasteiger partial charge on any atom is -0.434 e. The van der Waals surface area contributed by atoms with E-state index in [0.717, 1.165) is 24.2 Å². The van der Waals surface area contributed by atoms with E-state index < -0.39 is 18.1 Å². The molecule has 1 N–H and O–H groups in total. The number of nitrogens with one attached hydrogen (secondary N) is 1. The minimum atomic E-state index is -3.01. The van der Waals surface area contributed by atoms with Crippen LogP contribution in [-0.4, -0.2) is 37.3 Å². The molecule has 0 fully saturated rings. The van der Waals surface area contributed by atoms with Gasteiger partial charge in [0.15, 0.2) is 5.57 Å². The fraction of sp³-hybridized carbons (Fsp3) is 0.409. The van der Waals surface area contributed by atoms with Gasteiger partial charge in [0.25, 0.3) is 11.5 Å². The molecule has 2 aromatic rings. The molecule has 10 heteroatoms. The number of rotatable bonds is 11. The second-order valence-electron chi connectivity index (χ2n) is 6.73. The van der Waals surface area contributed by atoms with E-state index in [2.05, 4.69) is 10.1 Å². The molecule has 0 atom stereocenters. The van der Waals surface area contributed by atoms with E-state index in [1.54, 1.807) is 12.1 Å². The molecular weight excluding hydrogens is 440 g/mol. The van der Waals surface area contributed by atoms with Gasteiger partial charge in [0.05, 0.1) is 4.53 Å². The molecule has 0 aliphatic rings. The highest BCUT2D eigenvalue weighted by atomic mass is 32.1. The van der Waals surface area contributed by atoms with E-state index in [1.165, 1.54) is 29.9 Å². The standard InChI is InChI=1S/C22H25F2N3O4S/c1-3-4-10-26-19(28)16(14-25)21-27(11-7-12-30-2)20(29)18(32-21)13-15-8-5-6-9-17(15)31-22(23)24/h5-6,8-9,13,22H,3-4,7,10-12H2,1-2H3,(H,26,28)/b18-13-,21-16+. The number of hydrogen-bond donors (Lipinski definition) is 1. The van der Waals surface area contributed by atoms with Gasteiger partial charge in [0.2, 0.25) is 0 Å². The number of hydrogen-bond acceptors (Lipinski definition) is 6. The second-order valence-corrected chi connectivity index (χ2v) is 7.76. The smallest absolute Gasteiger partial charge is 0.387 e. The number of para-hydroxylation sites is 1. The molecule has 1 aromatic carbocycles. The monoisotopic (exact) mass is 465 g/mol. The van der Waals surface area contributed by atoms with Crippen LogP contribution in [0.15, 0.2) is 29.1 Å². The van der Waals surface area contributed by atoms with Gasteiger partial charge in [-0.15, -0.1) is 11.3 Å². The van der Waals surface area contributed by atoms with Crippen LogP contribution < -0.4 is 24.8 Å². The lowest BCUT2D eigenvalue weighted by Crippen LogP contribution is -2.35. The van der Waals surface area contributed by atoms with Gasteiger partial charge in [-0.2, -0.15) is 14.0 Å². The maximum atomic E-state index is 13.1. The largest absolute Gasteiger partial charge is 0.434 e. The Kier molecular flexibility index (Phi) is 10.0. The fourth-order valence-corrected chi connectivity index (χ4v) is 4.00. The Morgan fingerprint density at radius 2 is 2.09 bits per heavy atom. The third-order valence-electron chi connectivity index (χ3n) is 4.43. The van der Waals surface area contributed by atoms with Crippen LogP contribution in [0.2, 0.25) is 0 Å². The number of aromatic nitrogens is 1. The van der Waals surface area contributed by atoms with E-state index in [9.17, 15) is 23.6 Å². The van der Waals surface area contributed by atoms with Gasteiger partial charge in [0, 0.05) is 32.4 Å². The van der Waals surface area contributed by atoms with Gasteiger partial charge in [-0.1, -0.05) is 31.5 Å². The van der Waals surface area contributed by atoms with Crippen LogP contribution in [0.25, 0.3) is 11.6 Å². The van der Waals surface area contributed by atoms with E-state index in [-0.39, 0.29) is 32.6 Å². The predicted molar refractivity (Wildman–Crippen MR) is 118 cm³/mol. The Labute approximate surface area is 188 Å². The van der Waals surface area contributed by atoms with Crippen molar-refractivity contribution >= 4 is 28.9 Å². The van der Waals surface area contributed by atoms with Crippen LogP contribution in [0.4, 0.5) is 8.78 Å². The molecule has 1 heterocycles. The van der Waals surface area contributed by atoms with E-state index in [1.807, 2.05) is 13.0 Å². The third kappa shape index (κ3) is 6.73. The van der Waals surface area contributed by atoms with Crippen molar-refractivity contribution < 1.29 is 23.0 Å². The Hall–Kier alpha value is -3.03. The number of ether oxygens (including phenoxy) is 2. The highest BCUT2D eigenvalue weighted by molar-refractivity contribution is 7.07. The summed E-state index contributed by atoms with van der Waals surface area (Å²) in [4.78, 5) is 25.7. The number of thiazole rings is 1. The molecule has 0 saturated carbocycles. The van der Waals surface area contributed by atoms with Gasteiger partial charge < -0.3 is 14.8 Å². The van der Waals surface area contributed by atoms with Crippen molar-refractivity contribution in [1.82, 2.24) is 9.88 Å². The molecule has 1 aromatic heterocycles. The van der Waals surface area contributed by atoms with Crippen molar-refractivity contribution in [2.45, 2.75) is 39.3 Å². The zero-order valence-corrected chi connectivity index (χ0v) is 18.7. The van der Waals surface area contributed by atoms with Crippen LogP contribution in [0, 0.1) is 11.3 Å². The molecule has 32 heavy (non-hydrogen) atoms. The summed E-state index contributed by atoms with van der Waals surface area (Å²) in [6.45, 7) is -0.00642. The number of unbranched alkanes of at least 4 members (excludes halogenated alkanes) is 1. The number of nitrogens with zero attached hydrogens (tertiary/aromatic N) is 2. The number of carbonyl (C=O) groups is 1. The first kappa shape index (κ1) is 25.2. The molecule has 2 rings (SSSR count). The van der Waals surface area contributed by atoms with Crippen molar-refractivity contribution in [3.63, 3.8) is 0 Å². The van der Waals surface area contributed by atoms with Gasteiger partial charge in [-0.25, -0.2) is 0 Å². The molecule has 0 radical (unpaired) electrons. The van der Waals surface area contributed by atoms with E-state index in [4.69, 9.17) is 4.74 Å².